The molecule has 0 heterocycles. The molecule has 2 amide bonds. The number of halogens is 12. The quantitative estimate of drug-likeness (QED) is 0.279. The van der Waals surface area contributed by atoms with Crippen LogP contribution in [0.5, 0.6) is 0 Å². The number of hydrogen-bond acceptors (Lipinski definition) is 2. The van der Waals surface area contributed by atoms with Gasteiger partial charge in [-0.15, -0.1) is 0 Å². The van der Waals surface area contributed by atoms with E-state index in [1.165, 1.54) is 31.3 Å². The molecule has 220 valence electrons. The van der Waals surface area contributed by atoms with Crippen molar-refractivity contribution in [3.05, 3.63) is 93.2 Å². The Bertz CT molecular complexity index is 1450. The summed E-state index contributed by atoms with van der Waals surface area (Å²) in [6.45, 7) is 0. The first-order chi connectivity index (χ1) is 18.7. The van der Waals surface area contributed by atoms with Crippen LogP contribution in [0.4, 0.5) is 59.7 Å². The molecule has 1 N–H and O–H groups in total. The first-order valence-corrected chi connectivity index (χ1v) is 11.7. The van der Waals surface area contributed by atoms with E-state index in [1.54, 1.807) is 5.32 Å². The lowest BCUT2D eigenvalue weighted by molar-refractivity contribution is -0.348. The fourth-order valence-corrected chi connectivity index (χ4v) is 4.15. The van der Waals surface area contributed by atoms with Crippen molar-refractivity contribution in [2.24, 2.45) is 0 Å². The van der Waals surface area contributed by atoms with E-state index in [2.05, 4.69) is 15.9 Å². The summed E-state index contributed by atoms with van der Waals surface area (Å²) in [6, 6.07) is 8.22. The summed E-state index contributed by atoms with van der Waals surface area (Å²) in [4.78, 5) is 26.5. The van der Waals surface area contributed by atoms with E-state index < -0.39 is 69.2 Å². The second kappa shape index (κ2) is 10.9. The van der Waals surface area contributed by atoms with Crippen LogP contribution in [0, 0.1) is 5.82 Å². The van der Waals surface area contributed by atoms with Gasteiger partial charge >= 0.3 is 24.2 Å². The van der Waals surface area contributed by atoms with Gasteiger partial charge < -0.3 is 10.2 Å². The number of hydrogen-bond donors (Lipinski definition) is 1. The van der Waals surface area contributed by atoms with Crippen LogP contribution >= 0.6 is 15.9 Å². The molecule has 3 aromatic carbocycles. The molecule has 41 heavy (non-hydrogen) atoms. The maximum Gasteiger partial charge on any atom is 0.435 e. The molecule has 0 aliphatic carbocycles. The molecule has 0 radical (unpaired) electrons. The standard InChI is InChI=1S/C25H14BrF11N2O2/c1-39(21(41)12-5-7-15(27)8-6-12)16-4-2-3-13(9-16)20(40)38-19-17(23(29,30)31)10-14(11-18(19)26)22(28,24(32,33)34)25(35,36)37/h2-11H,1H3,(H,38,40). The number of alkyl halides is 10. The SMILES string of the molecule is CN(C(=O)c1ccc(F)cc1)c1cccc(C(=O)Nc2c(Br)cc(C(F)(C(F)(F)F)C(F)(F)F)cc2C(F)(F)F)c1. The van der Waals surface area contributed by atoms with Crippen molar-refractivity contribution < 1.29 is 57.9 Å². The van der Waals surface area contributed by atoms with Crippen molar-refractivity contribution in [1.29, 1.82) is 0 Å². The molecule has 0 aromatic heterocycles. The van der Waals surface area contributed by atoms with Gasteiger partial charge in [-0.05, 0) is 70.5 Å². The van der Waals surface area contributed by atoms with Crippen molar-refractivity contribution in [2.45, 2.75) is 24.2 Å². The highest BCUT2D eigenvalue weighted by Crippen LogP contribution is 2.55. The number of benzene rings is 3. The van der Waals surface area contributed by atoms with Gasteiger partial charge in [0, 0.05) is 33.9 Å². The van der Waals surface area contributed by atoms with Crippen LogP contribution in [0.2, 0.25) is 0 Å². The molecule has 4 nitrogen and oxygen atoms in total. The van der Waals surface area contributed by atoms with Crippen molar-refractivity contribution in [2.75, 3.05) is 17.3 Å². The lowest BCUT2D eigenvalue weighted by Gasteiger charge is -2.31. The van der Waals surface area contributed by atoms with Crippen LogP contribution in [0.1, 0.15) is 31.8 Å². The van der Waals surface area contributed by atoms with Gasteiger partial charge in [-0.1, -0.05) is 6.07 Å². The number of anilines is 2. The van der Waals surface area contributed by atoms with E-state index in [4.69, 9.17) is 0 Å². The van der Waals surface area contributed by atoms with E-state index in [0.717, 1.165) is 29.2 Å². The van der Waals surface area contributed by atoms with Crippen LogP contribution in [0.25, 0.3) is 0 Å². The molecule has 3 rings (SSSR count). The minimum absolute atomic E-state index is 0.0370. The molecule has 0 saturated heterocycles. The van der Waals surface area contributed by atoms with Gasteiger partial charge in [-0.3, -0.25) is 9.59 Å². The van der Waals surface area contributed by atoms with Crippen molar-refractivity contribution in [3.8, 4) is 0 Å². The average molecular weight is 663 g/mol. The molecular formula is C25H14BrF11N2O2. The molecule has 0 fully saturated rings. The Labute approximate surface area is 231 Å². The number of carbonyl (C=O) groups is 2. The normalized spacial score (nSPS) is 12.7. The van der Waals surface area contributed by atoms with E-state index >= 15 is 0 Å². The minimum Gasteiger partial charge on any atom is -0.320 e. The topological polar surface area (TPSA) is 49.4 Å². The zero-order valence-corrected chi connectivity index (χ0v) is 21.7. The van der Waals surface area contributed by atoms with Gasteiger partial charge in [0.05, 0.1) is 11.3 Å². The molecule has 3 aromatic rings. The van der Waals surface area contributed by atoms with Crippen LogP contribution in [-0.4, -0.2) is 31.2 Å². The van der Waals surface area contributed by atoms with Crippen LogP contribution in [-0.2, 0) is 11.8 Å². The molecule has 0 atom stereocenters. The summed E-state index contributed by atoms with van der Waals surface area (Å²) < 4.78 is 147. The third-order valence-electron chi connectivity index (χ3n) is 5.70. The second-order valence-corrected chi connectivity index (χ2v) is 9.26. The Kier molecular flexibility index (Phi) is 8.50. The third kappa shape index (κ3) is 6.31. The van der Waals surface area contributed by atoms with E-state index in [-0.39, 0.29) is 22.9 Å². The number of amides is 2. The Hall–Kier alpha value is -3.69. The van der Waals surface area contributed by atoms with E-state index in [9.17, 15) is 57.9 Å². The zero-order chi connectivity index (χ0) is 31.1. The molecule has 0 saturated carbocycles. The van der Waals surface area contributed by atoms with Gasteiger partial charge in [-0.2, -0.15) is 39.5 Å². The van der Waals surface area contributed by atoms with Crippen molar-refractivity contribution >= 4 is 39.1 Å². The van der Waals surface area contributed by atoms with Crippen LogP contribution in [0.15, 0.2) is 65.1 Å². The van der Waals surface area contributed by atoms with Gasteiger partial charge in [0.15, 0.2) is 0 Å². The predicted molar refractivity (Wildman–Crippen MR) is 128 cm³/mol. The predicted octanol–water partition coefficient (Wildman–Crippen LogP) is 8.43. The van der Waals surface area contributed by atoms with Crippen LogP contribution in [0.3, 0.4) is 0 Å². The summed E-state index contributed by atoms with van der Waals surface area (Å²) >= 11 is 2.41. The monoisotopic (exact) mass is 662 g/mol. The molecule has 0 spiro atoms. The number of rotatable bonds is 5. The fraction of sp³-hybridized carbons (Fsp3) is 0.200. The van der Waals surface area contributed by atoms with Crippen molar-refractivity contribution in [3.63, 3.8) is 0 Å². The van der Waals surface area contributed by atoms with Gasteiger partial charge in [0.25, 0.3) is 11.8 Å². The fourth-order valence-electron chi connectivity index (χ4n) is 3.59. The molecule has 0 aliphatic heterocycles. The summed E-state index contributed by atoms with van der Waals surface area (Å²) in [6.07, 6.45) is -19.0. The third-order valence-corrected chi connectivity index (χ3v) is 6.33. The highest BCUT2D eigenvalue weighted by Gasteiger charge is 2.73. The number of nitrogens with one attached hydrogen (secondary N) is 1. The summed E-state index contributed by atoms with van der Waals surface area (Å²) in [5.41, 5.74) is -12.4. The molecule has 16 heteroatoms. The zero-order valence-electron chi connectivity index (χ0n) is 20.1. The maximum absolute atomic E-state index is 14.5. The Morgan fingerprint density at radius 3 is 1.85 bits per heavy atom. The largest absolute Gasteiger partial charge is 0.435 e. The van der Waals surface area contributed by atoms with Gasteiger partial charge in [0.1, 0.15) is 5.82 Å². The summed E-state index contributed by atoms with van der Waals surface area (Å²) in [5, 5.41) is 1.76. The maximum atomic E-state index is 14.5. The minimum atomic E-state index is -6.68. The molecule has 0 unspecified atom stereocenters. The number of carbonyl (C=O) groups excluding carboxylic acids is 2. The summed E-state index contributed by atoms with van der Waals surface area (Å²) in [5.74, 6) is -2.59. The molecule has 0 aliphatic rings. The first kappa shape index (κ1) is 31.8. The van der Waals surface area contributed by atoms with E-state index in [0.29, 0.717) is 0 Å². The molecular weight excluding hydrogens is 649 g/mol. The van der Waals surface area contributed by atoms with Crippen LogP contribution < -0.4 is 10.2 Å². The average Bonchev–Trinajstić information content (AvgIpc) is 2.86. The van der Waals surface area contributed by atoms with Gasteiger partial charge in [0.2, 0.25) is 0 Å². The highest BCUT2D eigenvalue weighted by atomic mass is 79.9. The lowest BCUT2D eigenvalue weighted by Crippen LogP contribution is -2.50. The molecule has 0 bridgehead atoms. The smallest absolute Gasteiger partial charge is 0.320 e. The van der Waals surface area contributed by atoms with Gasteiger partial charge in [-0.25, -0.2) is 8.78 Å². The Morgan fingerprint density at radius 1 is 0.780 bits per heavy atom. The Balaban J connectivity index is 2.02. The van der Waals surface area contributed by atoms with Crippen molar-refractivity contribution in [1.82, 2.24) is 0 Å². The van der Waals surface area contributed by atoms with E-state index in [1.807, 2.05) is 0 Å². The lowest BCUT2D eigenvalue weighted by atomic mass is 9.92. The highest BCUT2D eigenvalue weighted by molar-refractivity contribution is 9.10. The summed E-state index contributed by atoms with van der Waals surface area (Å²) in [7, 11) is 1.27. The second-order valence-electron chi connectivity index (χ2n) is 8.41. The number of nitrogens with zero attached hydrogens (tertiary/aromatic N) is 1. The first-order valence-electron chi connectivity index (χ1n) is 10.9. The Morgan fingerprint density at radius 2 is 1.34 bits per heavy atom.